The van der Waals surface area contributed by atoms with E-state index in [9.17, 15) is 18.0 Å². The SMILES string of the molecule is Cc1c(OCC2CCN(C)CC2)c(F)c2c(c(-c3ccc(OC(=O)C(F)(F)F)c(Cl)c3)nc3[nH]ncc32)c1F. The van der Waals surface area contributed by atoms with Crippen LogP contribution in [0.4, 0.5) is 22.0 Å². The molecule has 2 aromatic heterocycles. The lowest BCUT2D eigenvalue weighted by Crippen LogP contribution is -2.32. The molecule has 13 heteroatoms. The van der Waals surface area contributed by atoms with Gasteiger partial charge in [0, 0.05) is 27.3 Å². The first-order valence-electron chi connectivity index (χ1n) is 12.0. The van der Waals surface area contributed by atoms with E-state index < -0.39 is 29.5 Å². The van der Waals surface area contributed by atoms with Gasteiger partial charge in [-0.2, -0.15) is 18.3 Å². The van der Waals surface area contributed by atoms with Gasteiger partial charge in [0.2, 0.25) is 0 Å². The van der Waals surface area contributed by atoms with Crippen molar-refractivity contribution in [3.05, 3.63) is 46.6 Å². The second kappa shape index (κ2) is 10.2. The fourth-order valence-corrected chi connectivity index (χ4v) is 4.89. The Morgan fingerprint density at radius 1 is 1.18 bits per heavy atom. The summed E-state index contributed by atoms with van der Waals surface area (Å²) in [5.41, 5.74) is 0.190. The number of likely N-dealkylation sites (tertiary alicyclic amines) is 1. The number of rotatable bonds is 5. The van der Waals surface area contributed by atoms with Gasteiger partial charge in [-0.25, -0.2) is 18.6 Å². The van der Waals surface area contributed by atoms with Crippen molar-refractivity contribution in [3.63, 3.8) is 0 Å². The Balaban J connectivity index is 1.59. The third-order valence-corrected chi connectivity index (χ3v) is 7.14. The van der Waals surface area contributed by atoms with Crippen molar-refractivity contribution in [2.75, 3.05) is 26.7 Å². The Morgan fingerprint density at radius 3 is 2.56 bits per heavy atom. The van der Waals surface area contributed by atoms with Gasteiger partial charge < -0.3 is 14.4 Å². The minimum Gasteiger partial charge on any atom is -0.490 e. The summed E-state index contributed by atoms with van der Waals surface area (Å²) >= 11 is 6.09. The molecule has 0 radical (unpaired) electrons. The van der Waals surface area contributed by atoms with Crippen molar-refractivity contribution in [3.8, 4) is 22.8 Å². The highest BCUT2D eigenvalue weighted by Gasteiger charge is 2.41. The van der Waals surface area contributed by atoms with Crippen molar-refractivity contribution < 1.29 is 36.2 Å². The number of aromatic amines is 1. The van der Waals surface area contributed by atoms with Crippen LogP contribution >= 0.6 is 11.6 Å². The molecule has 0 saturated carbocycles. The largest absolute Gasteiger partial charge is 0.491 e. The number of fused-ring (bicyclic) bond motifs is 3. The van der Waals surface area contributed by atoms with E-state index in [2.05, 4.69) is 24.8 Å². The number of hydrogen-bond acceptors (Lipinski definition) is 6. The number of aromatic nitrogens is 3. The molecule has 1 fully saturated rings. The number of hydrogen-bond donors (Lipinski definition) is 1. The molecule has 39 heavy (non-hydrogen) atoms. The van der Waals surface area contributed by atoms with Gasteiger partial charge in [-0.3, -0.25) is 5.10 Å². The molecule has 0 atom stereocenters. The van der Waals surface area contributed by atoms with Crippen molar-refractivity contribution in [2.24, 2.45) is 5.92 Å². The summed E-state index contributed by atoms with van der Waals surface area (Å²) in [6.45, 7) is 3.42. The van der Waals surface area contributed by atoms with Crippen LogP contribution in [0.15, 0.2) is 24.4 Å². The van der Waals surface area contributed by atoms with Gasteiger partial charge >= 0.3 is 12.1 Å². The van der Waals surface area contributed by atoms with Gasteiger partial charge in [-0.15, -0.1) is 0 Å². The van der Waals surface area contributed by atoms with E-state index in [-0.39, 0.29) is 61.9 Å². The highest BCUT2D eigenvalue weighted by Crippen LogP contribution is 2.42. The van der Waals surface area contributed by atoms with E-state index in [4.69, 9.17) is 16.3 Å². The molecule has 1 aliphatic heterocycles. The quantitative estimate of drug-likeness (QED) is 0.175. The minimum atomic E-state index is -5.23. The first kappa shape index (κ1) is 27.1. The smallest absolute Gasteiger partial charge is 0.490 e. The molecule has 206 valence electrons. The summed E-state index contributed by atoms with van der Waals surface area (Å²) in [7, 11) is 2.02. The summed E-state index contributed by atoms with van der Waals surface area (Å²) in [5.74, 6) is -4.56. The van der Waals surface area contributed by atoms with Crippen molar-refractivity contribution >= 4 is 39.4 Å². The van der Waals surface area contributed by atoms with E-state index in [1.807, 2.05) is 7.05 Å². The number of carbonyl (C=O) groups excluding carboxylic acids is 1. The normalized spacial score (nSPS) is 15.3. The van der Waals surface area contributed by atoms with Gasteiger partial charge in [0.25, 0.3) is 0 Å². The highest BCUT2D eigenvalue weighted by molar-refractivity contribution is 6.32. The second-order valence-electron chi connectivity index (χ2n) is 9.51. The molecule has 1 saturated heterocycles. The topological polar surface area (TPSA) is 80.3 Å². The molecule has 1 N–H and O–H groups in total. The molecule has 0 bridgehead atoms. The van der Waals surface area contributed by atoms with Crippen LogP contribution in [0.25, 0.3) is 33.1 Å². The number of carbonyl (C=O) groups is 1. The molecule has 4 aromatic rings. The Kier molecular flexibility index (Phi) is 7.10. The number of H-pyrrole nitrogens is 1. The lowest BCUT2D eigenvalue weighted by Gasteiger charge is -2.29. The Hall–Kier alpha value is -3.51. The number of alkyl halides is 3. The van der Waals surface area contributed by atoms with E-state index in [1.165, 1.54) is 19.2 Å². The van der Waals surface area contributed by atoms with Gasteiger partial charge in [0.15, 0.2) is 17.2 Å². The number of halogens is 6. The predicted octanol–water partition coefficient (Wildman–Crippen LogP) is 6.21. The fourth-order valence-electron chi connectivity index (χ4n) is 4.67. The molecule has 0 unspecified atom stereocenters. The highest BCUT2D eigenvalue weighted by atomic mass is 35.5. The van der Waals surface area contributed by atoms with E-state index >= 15 is 8.78 Å². The zero-order valence-corrected chi connectivity index (χ0v) is 21.5. The molecule has 0 amide bonds. The van der Waals surface area contributed by atoms with Gasteiger partial charge in [0.05, 0.1) is 23.5 Å². The number of nitrogens with one attached hydrogen (secondary N) is 1. The Labute approximate surface area is 223 Å². The number of piperidine rings is 1. The predicted molar refractivity (Wildman–Crippen MR) is 134 cm³/mol. The van der Waals surface area contributed by atoms with Crippen molar-refractivity contribution in [1.82, 2.24) is 20.1 Å². The zero-order chi connectivity index (χ0) is 28.1. The van der Waals surface area contributed by atoms with E-state index in [0.29, 0.717) is 0 Å². The standard InChI is InChI=1S/C26H22ClF5N4O3/c1-12-20(28)19-18(21(29)23(12)38-11-13-5-7-36(2)8-6-13)15-10-33-35-24(15)34-22(19)14-3-4-17(16(27)9-14)39-25(37)26(30,31)32/h3-4,9-10,13H,5-8,11H2,1-2H3,(H,33,34,35). The molecular formula is C26H22ClF5N4O3. The van der Waals surface area contributed by atoms with Crippen LogP contribution in [-0.4, -0.2) is 59.0 Å². The van der Waals surface area contributed by atoms with Crippen LogP contribution in [0.1, 0.15) is 18.4 Å². The molecule has 0 spiro atoms. The molecule has 1 aliphatic rings. The minimum absolute atomic E-state index is 0.0429. The van der Waals surface area contributed by atoms with Gasteiger partial charge in [0.1, 0.15) is 11.6 Å². The lowest BCUT2D eigenvalue weighted by molar-refractivity contribution is -0.189. The van der Waals surface area contributed by atoms with Crippen LogP contribution in [0.2, 0.25) is 5.02 Å². The van der Waals surface area contributed by atoms with Crippen molar-refractivity contribution in [1.29, 1.82) is 0 Å². The summed E-state index contributed by atoms with van der Waals surface area (Å²) < 4.78 is 80.0. The molecule has 5 rings (SSSR count). The molecule has 2 aromatic carbocycles. The summed E-state index contributed by atoms with van der Waals surface area (Å²) in [5, 5.41) is 6.11. The van der Waals surface area contributed by atoms with Gasteiger partial charge in [-0.1, -0.05) is 11.6 Å². The van der Waals surface area contributed by atoms with Crippen molar-refractivity contribution in [2.45, 2.75) is 25.9 Å². The maximum atomic E-state index is 16.1. The fraction of sp³-hybridized carbons (Fsp3) is 0.346. The van der Waals surface area contributed by atoms with Crippen LogP contribution in [0, 0.1) is 24.5 Å². The zero-order valence-electron chi connectivity index (χ0n) is 20.8. The monoisotopic (exact) mass is 568 g/mol. The molecular weight excluding hydrogens is 547 g/mol. The maximum absolute atomic E-state index is 16.1. The molecule has 7 nitrogen and oxygen atoms in total. The first-order valence-corrected chi connectivity index (χ1v) is 12.4. The summed E-state index contributed by atoms with van der Waals surface area (Å²) in [6, 6.07) is 3.42. The van der Waals surface area contributed by atoms with E-state index in [0.717, 1.165) is 38.1 Å². The van der Waals surface area contributed by atoms with Crippen LogP contribution in [0.5, 0.6) is 11.5 Å². The number of pyridine rings is 1. The van der Waals surface area contributed by atoms with Crippen LogP contribution in [-0.2, 0) is 4.79 Å². The average Bonchev–Trinajstić information content (AvgIpc) is 3.36. The number of nitrogens with zero attached hydrogens (tertiary/aromatic N) is 3. The Morgan fingerprint density at radius 2 is 1.90 bits per heavy atom. The van der Waals surface area contributed by atoms with Gasteiger partial charge in [-0.05, 0) is 64.0 Å². The lowest BCUT2D eigenvalue weighted by atomic mass is 9.97. The number of benzene rings is 2. The third-order valence-electron chi connectivity index (χ3n) is 6.85. The maximum Gasteiger partial charge on any atom is 0.491 e. The summed E-state index contributed by atoms with van der Waals surface area (Å²) in [4.78, 5) is 17.8. The second-order valence-corrected chi connectivity index (χ2v) is 9.92. The van der Waals surface area contributed by atoms with Crippen LogP contribution < -0.4 is 9.47 Å². The number of esters is 1. The first-order chi connectivity index (χ1) is 18.5. The third kappa shape index (κ3) is 5.10. The Bertz CT molecular complexity index is 1580. The number of ether oxygens (including phenoxy) is 2. The van der Waals surface area contributed by atoms with Crippen LogP contribution in [0.3, 0.4) is 0 Å². The molecule has 0 aliphatic carbocycles. The average molecular weight is 569 g/mol. The molecule has 3 heterocycles. The van der Waals surface area contributed by atoms with E-state index in [1.54, 1.807) is 0 Å². The summed E-state index contributed by atoms with van der Waals surface area (Å²) in [6.07, 6.45) is -2.15.